The van der Waals surface area contributed by atoms with E-state index in [4.69, 9.17) is 20.2 Å². The van der Waals surface area contributed by atoms with E-state index >= 15 is 4.79 Å². The molecule has 15 aliphatic rings. The number of carbonyl (C=O) groups is 2. The molecule has 1 amide bonds. The molecule has 414 valence electrons. The van der Waals surface area contributed by atoms with Gasteiger partial charge in [-0.3, -0.25) is 14.6 Å². The standard InChI is InChI=1S/C65H86N4O6S2/c1-42(70)74-62-29-17-45-32-48(56(73)57-55(45)46-18-31-64(75-57)25-8-13-49(64)33-46)38-69-41-63(37-54(69)72)52(44-11-3-2-4-12-44)20-28-61(63)23-7-10-43-16-27-60(34-43)24-9-26-65(60,68-58(66)67-40-61)77-76-39-50-15-14-47(35-59(50)21-5-6-22-59)51(19-30-62)53(71)36-62/h2-4,11-12,32,43,46-47,49-53,71,73H,5-6,8-10,13-22,24-31,33-41H2,1H3,(H3,66,67,68). The number of fused-ring (bicyclic) bond motifs is 3. The third-order valence-electron chi connectivity index (χ3n) is 24.5. The molecule has 8 saturated carbocycles. The minimum atomic E-state index is -0.793. The first kappa shape index (κ1) is 51.6. The van der Waals surface area contributed by atoms with Gasteiger partial charge < -0.3 is 35.6 Å². The third-order valence-corrected chi connectivity index (χ3v) is 27.8. The van der Waals surface area contributed by atoms with Crippen molar-refractivity contribution in [2.75, 3.05) is 18.8 Å². The van der Waals surface area contributed by atoms with Crippen molar-refractivity contribution < 1.29 is 29.3 Å². The van der Waals surface area contributed by atoms with E-state index in [9.17, 15) is 15.0 Å². The largest absolute Gasteiger partial charge is 0.504 e. The van der Waals surface area contributed by atoms with Gasteiger partial charge in [-0.1, -0.05) is 70.7 Å². The SMILES string of the molecule is CC(=O)OC12CCc3cc(c(O)c4c3C3CCC5(CCCC5C3)O4)CN3CC4(CC3=O)C(c3ccccc3)CCC43C#CCC4CCC5(CCCC5(NC(N)=NC3)SSCC3CCC(CC35CCCC5)C(CC1)C(O)C2)C4. The van der Waals surface area contributed by atoms with Crippen molar-refractivity contribution in [3.63, 3.8) is 0 Å². The molecule has 0 radical (unpaired) electrons. The van der Waals surface area contributed by atoms with Crippen LogP contribution >= 0.6 is 21.6 Å². The van der Waals surface area contributed by atoms with Gasteiger partial charge in [-0.15, -0.1) is 5.92 Å². The number of nitrogens with zero attached hydrogens (tertiary/aromatic N) is 2. The molecule has 77 heavy (non-hydrogen) atoms. The van der Waals surface area contributed by atoms with Crippen LogP contribution in [0.3, 0.4) is 0 Å². The van der Waals surface area contributed by atoms with Crippen LogP contribution < -0.4 is 15.8 Å². The molecule has 17 rings (SSSR count). The van der Waals surface area contributed by atoms with Crippen LogP contribution in [-0.4, -0.2) is 74.0 Å². The van der Waals surface area contributed by atoms with Crippen LogP contribution in [0, 0.1) is 63.1 Å². The van der Waals surface area contributed by atoms with E-state index in [1.54, 1.807) is 0 Å². The van der Waals surface area contributed by atoms with Gasteiger partial charge in [-0.2, -0.15) is 0 Å². The first-order valence-corrected chi connectivity index (χ1v) is 33.3. The molecule has 14 unspecified atom stereocenters. The lowest BCUT2D eigenvalue weighted by Gasteiger charge is -2.51. The van der Waals surface area contributed by atoms with Gasteiger partial charge in [0.15, 0.2) is 17.5 Å². The molecule has 12 heteroatoms. The Morgan fingerprint density at radius 1 is 0.896 bits per heavy atom. The van der Waals surface area contributed by atoms with Crippen LogP contribution in [0.15, 0.2) is 41.4 Å². The number of phenols is 1. The van der Waals surface area contributed by atoms with Crippen LogP contribution in [0.5, 0.6) is 11.5 Å². The third kappa shape index (κ3) is 8.36. The van der Waals surface area contributed by atoms with Crippen LogP contribution in [0.25, 0.3) is 0 Å². The highest BCUT2D eigenvalue weighted by Crippen LogP contribution is 2.68. The molecule has 5 N–H and O–H groups in total. The number of guanidine groups is 1. The van der Waals surface area contributed by atoms with E-state index in [1.165, 1.54) is 76.7 Å². The molecule has 1 saturated heterocycles. The smallest absolute Gasteiger partial charge is 0.303 e. The summed E-state index contributed by atoms with van der Waals surface area (Å²) in [6, 6.07) is 13.1. The second kappa shape index (κ2) is 19.3. The lowest BCUT2D eigenvalue weighted by molar-refractivity contribution is -0.171. The van der Waals surface area contributed by atoms with Gasteiger partial charge in [-0.25, -0.2) is 0 Å². The Balaban J connectivity index is 0.892. The van der Waals surface area contributed by atoms with Crippen molar-refractivity contribution >= 4 is 39.4 Å². The number of hydrogen-bond donors (Lipinski definition) is 4. The van der Waals surface area contributed by atoms with Gasteiger partial charge in [0.05, 0.1) is 18.1 Å². The van der Waals surface area contributed by atoms with Crippen molar-refractivity contribution in [3.8, 4) is 23.3 Å². The average Bonchev–Trinajstić information content (AvgIpc) is 4.48. The summed E-state index contributed by atoms with van der Waals surface area (Å²) in [5, 5.41) is 29.5. The van der Waals surface area contributed by atoms with Gasteiger partial charge in [0, 0.05) is 67.0 Å². The Labute approximate surface area is 466 Å². The van der Waals surface area contributed by atoms with E-state index in [1.807, 2.05) is 4.90 Å². The molecule has 14 bridgehead atoms. The molecular formula is C65H86N4O6S2. The van der Waals surface area contributed by atoms with Gasteiger partial charge in [-0.05, 0) is 212 Å². The number of aryl methyl sites for hydroxylation is 1. The number of rotatable bonds is 2. The van der Waals surface area contributed by atoms with Crippen LogP contribution in [0.1, 0.15) is 214 Å². The number of carbonyl (C=O) groups excluding carboxylic acids is 2. The number of ether oxygens (including phenoxy) is 2. The first-order chi connectivity index (χ1) is 37.3. The number of esters is 1. The van der Waals surface area contributed by atoms with E-state index in [0.717, 1.165) is 112 Å². The summed E-state index contributed by atoms with van der Waals surface area (Å²) in [5.74, 6) is 12.8. The van der Waals surface area contributed by atoms with Crippen molar-refractivity contribution in [1.82, 2.24) is 10.2 Å². The van der Waals surface area contributed by atoms with Gasteiger partial charge in [0.25, 0.3) is 0 Å². The second-order valence-electron chi connectivity index (χ2n) is 28.0. The number of aliphatic hydroxyl groups is 1. The van der Waals surface area contributed by atoms with E-state index < -0.39 is 22.5 Å². The monoisotopic (exact) mass is 1080 g/mol. The van der Waals surface area contributed by atoms with Crippen molar-refractivity contribution in [2.45, 2.75) is 227 Å². The predicted octanol–water partition coefficient (Wildman–Crippen LogP) is 12.6. The fourth-order valence-electron chi connectivity index (χ4n) is 20.8. The summed E-state index contributed by atoms with van der Waals surface area (Å²) in [7, 11) is 4.22. The van der Waals surface area contributed by atoms with Gasteiger partial charge in [0.1, 0.15) is 16.1 Å². The maximum atomic E-state index is 15.3. The average molecular weight is 1080 g/mol. The number of amides is 1. The zero-order chi connectivity index (χ0) is 52.4. The Kier molecular flexibility index (Phi) is 12.9. The van der Waals surface area contributed by atoms with Gasteiger partial charge >= 0.3 is 5.97 Å². The highest BCUT2D eigenvalue weighted by Gasteiger charge is 2.65. The number of hydrogen-bond acceptors (Lipinski definition) is 11. The number of nitrogens with one attached hydrogen (secondary N) is 1. The molecule has 14 atom stereocenters. The van der Waals surface area contributed by atoms with Crippen LogP contribution in [-0.2, 0) is 27.3 Å². The minimum absolute atomic E-state index is 0.0815. The molecule has 2 aromatic carbocycles. The van der Waals surface area contributed by atoms with Crippen LogP contribution in [0.2, 0.25) is 0 Å². The second-order valence-corrected chi connectivity index (χ2v) is 30.6. The molecular weight excluding hydrogens is 997 g/mol. The fourth-order valence-corrected chi connectivity index (χ4v) is 24.8. The minimum Gasteiger partial charge on any atom is -0.504 e. The van der Waals surface area contributed by atoms with Crippen molar-refractivity contribution in [2.24, 2.45) is 62.0 Å². The molecule has 7 heterocycles. The molecule has 10 nitrogen and oxygen atoms in total. The maximum absolute atomic E-state index is 15.3. The first-order valence-electron chi connectivity index (χ1n) is 30.9. The highest BCUT2D eigenvalue weighted by molar-refractivity contribution is 8.77. The van der Waals surface area contributed by atoms with E-state index in [2.05, 4.69) is 75.1 Å². The zero-order valence-corrected chi connectivity index (χ0v) is 47.7. The Morgan fingerprint density at radius 2 is 1.77 bits per heavy atom. The molecule has 6 spiro atoms. The number of aromatic hydroxyl groups is 1. The summed E-state index contributed by atoms with van der Waals surface area (Å²) in [5.41, 5.74) is 9.79. The molecule has 9 fully saturated rings. The topological polar surface area (TPSA) is 147 Å². The number of nitrogens with two attached hydrogens (primary N) is 1. The number of benzene rings is 2. The lowest BCUT2D eigenvalue weighted by atomic mass is 9.57. The zero-order valence-electron chi connectivity index (χ0n) is 46.0. The van der Waals surface area contributed by atoms with Crippen molar-refractivity contribution in [1.29, 1.82) is 0 Å². The maximum Gasteiger partial charge on any atom is 0.303 e. The Morgan fingerprint density at radius 3 is 2.61 bits per heavy atom. The number of aliphatic hydroxyl groups excluding tert-OH is 1. The summed E-state index contributed by atoms with van der Waals surface area (Å²) >= 11 is 0. The Bertz CT molecular complexity index is 2760. The van der Waals surface area contributed by atoms with E-state index in [0.29, 0.717) is 79.6 Å². The highest BCUT2D eigenvalue weighted by atomic mass is 33.1. The molecule has 2 aromatic rings. The molecule has 8 aliphatic carbocycles. The number of phenolic OH excluding ortho intramolecular Hbond substituents is 1. The predicted molar refractivity (Wildman–Crippen MR) is 305 cm³/mol. The quantitative estimate of drug-likeness (QED) is 0.130. The number of aliphatic imine (C=N–C) groups is 1. The fraction of sp³-hybridized carbons (Fsp3) is 0.738. The molecule has 0 aromatic heterocycles. The van der Waals surface area contributed by atoms with Gasteiger partial charge in [0.2, 0.25) is 5.91 Å². The summed E-state index contributed by atoms with van der Waals surface area (Å²) in [4.78, 5) is 35.8. The Hall–Kier alpha value is -3.53. The molecule has 7 aliphatic heterocycles. The lowest BCUT2D eigenvalue weighted by Crippen LogP contribution is -2.56. The summed E-state index contributed by atoms with van der Waals surface area (Å²) in [6.45, 7) is 2.74. The summed E-state index contributed by atoms with van der Waals surface area (Å²) in [6.07, 6.45) is 27.8. The summed E-state index contributed by atoms with van der Waals surface area (Å²) < 4.78 is 13.9. The van der Waals surface area contributed by atoms with Crippen molar-refractivity contribution in [3.05, 3.63) is 58.7 Å². The van der Waals surface area contributed by atoms with E-state index in [-0.39, 0.29) is 57.8 Å². The van der Waals surface area contributed by atoms with Crippen LogP contribution in [0.4, 0.5) is 0 Å². The normalized spacial score (nSPS) is 42.8.